The number of halogens is 2. The van der Waals surface area contributed by atoms with Crippen LogP contribution in [0.4, 0.5) is 8.78 Å². The van der Waals surface area contributed by atoms with E-state index in [4.69, 9.17) is 0 Å². The van der Waals surface area contributed by atoms with Gasteiger partial charge >= 0.3 is 0 Å². The van der Waals surface area contributed by atoms with Gasteiger partial charge in [0.05, 0.1) is 17.4 Å². The van der Waals surface area contributed by atoms with E-state index in [9.17, 15) is 8.78 Å². The van der Waals surface area contributed by atoms with E-state index in [0.29, 0.717) is 5.56 Å². The number of hydrogen-bond acceptors (Lipinski definition) is 2. The number of aryl methyl sites for hydroxylation is 2. The van der Waals surface area contributed by atoms with E-state index in [1.165, 1.54) is 12.1 Å². The molecule has 1 N–H and O–H groups in total. The lowest BCUT2D eigenvalue weighted by molar-refractivity contribution is 0.561. The molecule has 18 heavy (non-hydrogen) atoms. The van der Waals surface area contributed by atoms with Gasteiger partial charge in [0, 0.05) is 13.1 Å². The van der Waals surface area contributed by atoms with Crippen LogP contribution in [0.1, 0.15) is 23.0 Å². The molecule has 0 saturated heterocycles. The first-order valence-corrected chi connectivity index (χ1v) is 5.65. The highest BCUT2D eigenvalue weighted by molar-refractivity contribution is 5.29. The molecule has 0 saturated carbocycles. The van der Waals surface area contributed by atoms with Gasteiger partial charge in [0.15, 0.2) is 0 Å². The zero-order chi connectivity index (χ0) is 13.3. The van der Waals surface area contributed by atoms with Crippen LogP contribution in [0.2, 0.25) is 0 Å². The molecular formula is C13H15F2N3. The Morgan fingerprint density at radius 2 is 1.78 bits per heavy atom. The Morgan fingerprint density at radius 3 is 2.22 bits per heavy atom. The van der Waals surface area contributed by atoms with E-state index in [-0.39, 0.29) is 6.04 Å². The van der Waals surface area contributed by atoms with Crippen molar-refractivity contribution in [1.29, 1.82) is 0 Å². The number of benzene rings is 1. The molecule has 1 atom stereocenters. The third-order valence-corrected chi connectivity index (χ3v) is 2.84. The Bertz CT molecular complexity index is 543. The van der Waals surface area contributed by atoms with Crippen LogP contribution in [0.5, 0.6) is 0 Å². The van der Waals surface area contributed by atoms with Crippen LogP contribution in [0.25, 0.3) is 0 Å². The minimum atomic E-state index is -0.579. The third-order valence-electron chi connectivity index (χ3n) is 2.84. The Kier molecular flexibility index (Phi) is 3.43. The summed E-state index contributed by atoms with van der Waals surface area (Å²) in [7, 11) is 3.55. The van der Waals surface area contributed by atoms with Gasteiger partial charge in [-0.1, -0.05) is 0 Å². The lowest BCUT2D eigenvalue weighted by Crippen LogP contribution is -2.20. The molecule has 3 nitrogen and oxygen atoms in total. The first-order chi connectivity index (χ1) is 8.51. The lowest BCUT2D eigenvalue weighted by atomic mass is 10.0. The number of nitrogens with one attached hydrogen (secondary N) is 1. The maximum absolute atomic E-state index is 13.3. The molecule has 2 rings (SSSR count). The summed E-state index contributed by atoms with van der Waals surface area (Å²) in [5.41, 5.74) is 2.27. The van der Waals surface area contributed by atoms with Gasteiger partial charge in [-0.25, -0.2) is 8.78 Å². The molecule has 0 aliphatic carbocycles. The van der Waals surface area contributed by atoms with Gasteiger partial charge in [0.25, 0.3) is 0 Å². The largest absolute Gasteiger partial charge is 0.308 e. The highest BCUT2D eigenvalue weighted by Crippen LogP contribution is 2.23. The van der Waals surface area contributed by atoms with E-state index in [1.54, 1.807) is 11.7 Å². The van der Waals surface area contributed by atoms with Crippen molar-refractivity contribution in [1.82, 2.24) is 15.1 Å². The van der Waals surface area contributed by atoms with Gasteiger partial charge < -0.3 is 5.32 Å². The van der Waals surface area contributed by atoms with Crippen molar-refractivity contribution in [2.24, 2.45) is 7.05 Å². The summed E-state index contributed by atoms with van der Waals surface area (Å²) in [6.45, 7) is 1.88. The molecule has 5 heteroatoms. The second-order valence-electron chi connectivity index (χ2n) is 4.26. The summed E-state index contributed by atoms with van der Waals surface area (Å²) in [6, 6.07) is 5.12. The van der Waals surface area contributed by atoms with Crippen LogP contribution >= 0.6 is 0 Å². The first kappa shape index (κ1) is 12.7. The summed E-state index contributed by atoms with van der Waals surface area (Å²) in [5, 5.41) is 7.29. The second kappa shape index (κ2) is 4.86. The van der Waals surface area contributed by atoms with Crippen LogP contribution < -0.4 is 5.32 Å². The average Bonchev–Trinajstić information content (AvgIpc) is 2.58. The summed E-state index contributed by atoms with van der Waals surface area (Å²) in [6.07, 6.45) is 0. The number of nitrogens with zero attached hydrogens (tertiary/aromatic N) is 2. The fraction of sp³-hybridized carbons (Fsp3) is 0.308. The van der Waals surface area contributed by atoms with E-state index >= 15 is 0 Å². The SMILES string of the molecule is CNC(c1cc(F)cc(F)c1)c1cc(C)nn1C. The molecule has 0 aliphatic rings. The molecule has 96 valence electrons. The van der Waals surface area contributed by atoms with E-state index in [1.807, 2.05) is 20.0 Å². The lowest BCUT2D eigenvalue weighted by Gasteiger charge is -2.17. The van der Waals surface area contributed by atoms with Gasteiger partial charge in [-0.3, -0.25) is 4.68 Å². The molecule has 2 aromatic rings. The summed E-state index contributed by atoms with van der Waals surface area (Å²) < 4.78 is 28.2. The van der Waals surface area contributed by atoms with Crippen molar-refractivity contribution in [2.75, 3.05) is 7.05 Å². The van der Waals surface area contributed by atoms with E-state index < -0.39 is 11.6 Å². The summed E-state index contributed by atoms with van der Waals surface area (Å²) in [5.74, 6) is -1.16. The molecule has 0 fully saturated rings. The maximum atomic E-state index is 13.3. The van der Waals surface area contributed by atoms with Crippen molar-refractivity contribution >= 4 is 0 Å². The fourth-order valence-electron chi connectivity index (χ4n) is 2.13. The number of aromatic nitrogens is 2. The monoisotopic (exact) mass is 251 g/mol. The summed E-state index contributed by atoms with van der Waals surface area (Å²) >= 11 is 0. The summed E-state index contributed by atoms with van der Waals surface area (Å²) in [4.78, 5) is 0. The van der Waals surface area contributed by atoms with Gasteiger partial charge in [-0.15, -0.1) is 0 Å². The molecule has 1 aromatic heterocycles. The predicted octanol–water partition coefficient (Wildman–Crippen LogP) is 2.32. The standard InChI is InChI=1S/C13H15F2N3/c1-8-4-12(18(3)17-8)13(16-2)9-5-10(14)7-11(15)6-9/h4-7,13,16H,1-3H3. The minimum Gasteiger partial charge on any atom is -0.308 e. The van der Waals surface area contributed by atoms with Crippen LogP contribution in [0, 0.1) is 18.6 Å². The molecule has 0 bridgehead atoms. The normalized spacial score (nSPS) is 12.7. The van der Waals surface area contributed by atoms with Crippen LogP contribution in [-0.4, -0.2) is 16.8 Å². The number of hydrogen-bond donors (Lipinski definition) is 1. The zero-order valence-corrected chi connectivity index (χ0v) is 10.5. The molecule has 0 aliphatic heterocycles. The molecule has 0 spiro atoms. The Labute approximate surface area is 104 Å². The Morgan fingerprint density at radius 1 is 1.17 bits per heavy atom. The smallest absolute Gasteiger partial charge is 0.126 e. The molecule has 0 amide bonds. The Balaban J connectivity index is 2.48. The molecule has 1 aromatic carbocycles. The maximum Gasteiger partial charge on any atom is 0.126 e. The zero-order valence-electron chi connectivity index (χ0n) is 10.5. The fourth-order valence-corrected chi connectivity index (χ4v) is 2.13. The molecular weight excluding hydrogens is 236 g/mol. The van der Waals surface area contributed by atoms with Crippen molar-refractivity contribution in [3.05, 3.63) is 52.9 Å². The van der Waals surface area contributed by atoms with E-state index in [2.05, 4.69) is 10.4 Å². The quantitative estimate of drug-likeness (QED) is 0.907. The Hall–Kier alpha value is -1.75. The second-order valence-corrected chi connectivity index (χ2v) is 4.26. The van der Waals surface area contributed by atoms with Crippen molar-refractivity contribution in [3.8, 4) is 0 Å². The highest BCUT2D eigenvalue weighted by atomic mass is 19.1. The van der Waals surface area contributed by atoms with E-state index in [0.717, 1.165) is 17.5 Å². The van der Waals surface area contributed by atoms with Gasteiger partial charge in [-0.2, -0.15) is 5.10 Å². The third kappa shape index (κ3) is 2.41. The average molecular weight is 251 g/mol. The van der Waals surface area contributed by atoms with Crippen molar-refractivity contribution < 1.29 is 8.78 Å². The molecule has 0 radical (unpaired) electrons. The predicted molar refractivity (Wildman–Crippen MR) is 65.2 cm³/mol. The van der Waals surface area contributed by atoms with Crippen LogP contribution in [-0.2, 0) is 7.05 Å². The highest BCUT2D eigenvalue weighted by Gasteiger charge is 2.18. The number of rotatable bonds is 3. The molecule has 1 heterocycles. The van der Waals surface area contributed by atoms with Gasteiger partial charge in [-0.05, 0) is 37.7 Å². The van der Waals surface area contributed by atoms with Gasteiger partial charge in [0.2, 0.25) is 0 Å². The first-order valence-electron chi connectivity index (χ1n) is 5.65. The van der Waals surface area contributed by atoms with Crippen LogP contribution in [0.3, 0.4) is 0 Å². The van der Waals surface area contributed by atoms with Gasteiger partial charge in [0.1, 0.15) is 11.6 Å². The topological polar surface area (TPSA) is 29.9 Å². The van der Waals surface area contributed by atoms with Crippen LogP contribution in [0.15, 0.2) is 24.3 Å². The minimum absolute atomic E-state index is 0.290. The molecule has 1 unspecified atom stereocenters. The van der Waals surface area contributed by atoms with Crippen molar-refractivity contribution in [2.45, 2.75) is 13.0 Å². The van der Waals surface area contributed by atoms with Crippen molar-refractivity contribution in [3.63, 3.8) is 0 Å².